The first-order chi connectivity index (χ1) is 10.2. The monoisotopic (exact) mass is 285 g/mol. The lowest BCUT2D eigenvalue weighted by atomic mass is 10.1. The largest absolute Gasteiger partial charge is 0.492 e. The van der Waals surface area contributed by atoms with Gasteiger partial charge in [-0.25, -0.2) is 0 Å². The smallest absolute Gasteiger partial charge is 0.142 e. The quantitative estimate of drug-likeness (QED) is 0.774. The molecule has 0 saturated carbocycles. The number of anilines is 1. The summed E-state index contributed by atoms with van der Waals surface area (Å²) in [5.41, 5.74) is 3.38. The molecule has 0 amide bonds. The van der Waals surface area contributed by atoms with Crippen LogP contribution in [0, 0.1) is 13.8 Å². The van der Waals surface area contributed by atoms with Crippen LogP contribution in [0.5, 0.6) is 11.5 Å². The highest BCUT2D eigenvalue weighted by molar-refractivity contribution is 5.56. The van der Waals surface area contributed by atoms with Crippen LogP contribution in [0.2, 0.25) is 0 Å². The van der Waals surface area contributed by atoms with Gasteiger partial charge < -0.3 is 14.8 Å². The molecule has 2 rings (SSSR count). The molecule has 0 fully saturated rings. The maximum absolute atomic E-state index is 5.84. The van der Waals surface area contributed by atoms with E-state index in [1.807, 2.05) is 31.2 Å². The maximum atomic E-state index is 5.84. The van der Waals surface area contributed by atoms with Crippen LogP contribution in [0.4, 0.5) is 5.69 Å². The molecule has 2 aromatic carbocycles. The highest BCUT2D eigenvalue weighted by Gasteiger charge is 2.02. The first-order valence-electron chi connectivity index (χ1n) is 7.36. The normalized spacial score (nSPS) is 10.2. The Bertz CT molecular complexity index is 581. The third kappa shape index (κ3) is 4.42. The molecule has 0 aliphatic heterocycles. The SMILES string of the molecule is CCOc1ccccc1NCCOc1cc(C)ccc1C. The summed E-state index contributed by atoms with van der Waals surface area (Å²) < 4.78 is 11.4. The van der Waals surface area contributed by atoms with Gasteiger partial charge in [0.1, 0.15) is 18.1 Å². The molecule has 1 N–H and O–H groups in total. The Balaban J connectivity index is 1.86. The van der Waals surface area contributed by atoms with Crippen LogP contribution < -0.4 is 14.8 Å². The lowest BCUT2D eigenvalue weighted by Crippen LogP contribution is -2.12. The summed E-state index contributed by atoms with van der Waals surface area (Å²) in [5, 5.41) is 3.35. The summed E-state index contributed by atoms with van der Waals surface area (Å²) in [6.07, 6.45) is 0. The zero-order valence-electron chi connectivity index (χ0n) is 13.0. The van der Waals surface area contributed by atoms with Gasteiger partial charge in [-0.2, -0.15) is 0 Å². The second kappa shape index (κ2) is 7.58. The fraction of sp³-hybridized carbons (Fsp3) is 0.333. The number of benzene rings is 2. The molecule has 0 unspecified atom stereocenters. The van der Waals surface area contributed by atoms with Gasteiger partial charge in [0.25, 0.3) is 0 Å². The third-order valence-electron chi connectivity index (χ3n) is 3.21. The van der Waals surface area contributed by atoms with E-state index in [0.717, 1.165) is 29.3 Å². The van der Waals surface area contributed by atoms with Crippen LogP contribution in [0.15, 0.2) is 42.5 Å². The lowest BCUT2D eigenvalue weighted by molar-refractivity contribution is 0.328. The van der Waals surface area contributed by atoms with E-state index in [-0.39, 0.29) is 0 Å². The van der Waals surface area contributed by atoms with E-state index >= 15 is 0 Å². The number of aryl methyl sites for hydroxylation is 2. The molecule has 21 heavy (non-hydrogen) atoms. The Kier molecular flexibility index (Phi) is 5.50. The van der Waals surface area contributed by atoms with E-state index in [9.17, 15) is 0 Å². The second-order valence-electron chi connectivity index (χ2n) is 4.97. The molecule has 0 aromatic heterocycles. The molecule has 3 heteroatoms. The van der Waals surface area contributed by atoms with E-state index in [1.165, 1.54) is 5.56 Å². The van der Waals surface area contributed by atoms with Crippen LogP contribution in [-0.4, -0.2) is 19.8 Å². The molecule has 0 spiro atoms. The van der Waals surface area contributed by atoms with Crippen LogP contribution in [0.3, 0.4) is 0 Å². The predicted molar refractivity (Wildman–Crippen MR) is 87.5 cm³/mol. The summed E-state index contributed by atoms with van der Waals surface area (Å²) in [6, 6.07) is 14.2. The van der Waals surface area contributed by atoms with E-state index in [0.29, 0.717) is 13.2 Å². The van der Waals surface area contributed by atoms with Crippen molar-refractivity contribution >= 4 is 5.69 Å². The third-order valence-corrected chi connectivity index (χ3v) is 3.21. The average molecular weight is 285 g/mol. The fourth-order valence-electron chi connectivity index (χ4n) is 2.10. The summed E-state index contributed by atoms with van der Waals surface area (Å²) in [5.74, 6) is 1.83. The minimum atomic E-state index is 0.616. The summed E-state index contributed by atoms with van der Waals surface area (Å²) in [4.78, 5) is 0. The van der Waals surface area contributed by atoms with Gasteiger partial charge in [-0.15, -0.1) is 0 Å². The van der Waals surface area contributed by atoms with Gasteiger partial charge in [-0.1, -0.05) is 24.3 Å². The van der Waals surface area contributed by atoms with Gasteiger partial charge in [-0.05, 0) is 50.1 Å². The van der Waals surface area contributed by atoms with Crippen LogP contribution >= 0.6 is 0 Å². The van der Waals surface area contributed by atoms with Gasteiger partial charge in [0.05, 0.1) is 12.3 Å². The van der Waals surface area contributed by atoms with E-state index in [1.54, 1.807) is 0 Å². The summed E-state index contributed by atoms with van der Waals surface area (Å²) >= 11 is 0. The zero-order valence-corrected chi connectivity index (χ0v) is 13.0. The molecule has 112 valence electrons. The van der Waals surface area contributed by atoms with Gasteiger partial charge in [0, 0.05) is 6.54 Å². The average Bonchev–Trinajstić information content (AvgIpc) is 2.49. The highest BCUT2D eigenvalue weighted by Crippen LogP contribution is 2.23. The molecule has 0 aliphatic carbocycles. The van der Waals surface area contributed by atoms with Crippen molar-refractivity contribution in [2.75, 3.05) is 25.1 Å². The summed E-state index contributed by atoms with van der Waals surface area (Å²) in [6.45, 7) is 8.13. The van der Waals surface area contributed by atoms with Crippen LogP contribution in [0.1, 0.15) is 18.1 Å². The molecule has 0 aliphatic rings. The summed E-state index contributed by atoms with van der Waals surface area (Å²) in [7, 11) is 0. The van der Waals surface area contributed by atoms with Crippen LogP contribution in [-0.2, 0) is 0 Å². The number of para-hydroxylation sites is 2. The standard InChI is InChI=1S/C18H23NO2/c1-4-20-17-8-6-5-7-16(17)19-11-12-21-18-13-14(2)9-10-15(18)3/h5-10,13,19H,4,11-12H2,1-3H3. The molecule has 0 radical (unpaired) electrons. The van der Waals surface area contributed by atoms with E-state index < -0.39 is 0 Å². The van der Waals surface area contributed by atoms with E-state index in [4.69, 9.17) is 9.47 Å². The van der Waals surface area contributed by atoms with Crippen molar-refractivity contribution in [2.24, 2.45) is 0 Å². The van der Waals surface area contributed by atoms with Gasteiger partial charge in [-0.3, -0.25) is 0 Å². The molecule has 0 bridgehead atoms. The first-order valence-corrected chi connectivity index (χ1v) is 7.36. The minimum absolute atomic E-state index is 0.616. The Morgan fingerprint density at radius 2 is 1.76 bits per heavy atom. The molecule has 0 saturated heterocycles. The van der Waals surface area contributed by atoms with Gasteiger partial charge in [0.2, 0.25) is 0 Å². The van der Waals surface area contributed by atoms with Gasteiger partial charge >= 0.3 is 0 Å². The molecular formula is C18H23NO2. The predicted octanol–water partition coefficient (Wildman–Crippen LogP) is 4.19. The molecule has 2 aromatic rings. The minimum Gasteiger partial charge on any atom is -0.492 e. The van der Waals surface area contributed by atoms with Crippen molar-refractivity contribution < 1.29 is 9.47 Å². The highest BCUT2D eigenvalue weighted by atomic mass is 16.5. The lowest BCUT2D eigenvalue weighted by Gasteiger charge is -2.13. The zero-order chi connectivity index (χ0) is 15.1. The van der Waals surface area contributed by atoms with E-state index in [2.05, 4.69) is 37.4 Å². The topological polar surface area (TPSA) is 30.5 Å². The van der Waals surface area contributed by atoms with Crippen molar-refractivity contribution in [1.29, 1.82) is 0 Å². The second-order valence-corrected chi connectivity index (χ2v) is 4.97. The number of nitrogens with one attached hydrogen (secondary N) is 1. The molecule has 0 atom stereocenters. The fourth-order valence-corrected chi connectivity index (χ4v) is 2.10. The Morgan fingerprint density at radius 3 is 2.57 bits per heavy atom. The van der Waals surface area contributed by atoms with Crippen molar-refractivity contribution in [3.8, 4) is 11.5 Å². The van der Waals surface area contributed by atoms with Crippen molar-refractivity contribution in [1.82, 2.24) is 0 Å². The Hall–Kier alpha value is -2.16. The van der Waals surface area contributed by atoms with Gasteiger partial charge in [0.15, 0.2) is 0 Å². The molecular weight excluding hydrogens is 262 g/mol. The maximum Gasteiger partial charge on any atom is 0.142 e. The number of hydrogen-bond acceptors (Lipinski definition) is 3. The first kappa shape index (κ1) is 15.2. The van der Waals surface area contributed by atoms with Crippen molar-refractivity contribution in [2.45, 2.75) is 20.8 Å². The van der Waals surface area contributed by atoms with Crippen molar-refractivity contribution in [3.63, 3.8) is 0 Å². The molecule has 3 nitrogen and oxygen atoms in total. The van der Waals surface area contributed by atoms with Crippen molar-refractivity contribution in [3.05, 3.63) is 53.6 Å². The Labute approximate surface area is 126 Å². The number of rotatable bonds is 7. The van der Waals surface area contributed by atoms with Crippen LogP contribution in [0.25, 0.3) is 0 Å². The number of ether oxygens (including phenoxy) is 2. The molecule has 0 heterocycles. The number of hydrogen-bond donors (Lipinski definition) is 1. The Morgan fingerprint density at radius 1 is 0.952 bits per heavy atom.